The molecule has 2 aromatic rings. The summed E-state index contributed by atoms with van der Waals surface area (Å²) in [6.07, 6.45) is 7.87. The first-order chi connectivity index (χ1) is 10.8. The van der Waals surface area contributed by atoms with E-state index in [0.717, 1.165) is 23.9 Å². The van der Waals surface area contributed by atoms with Crippen LogP contribution in [0.2, 0.25) is 0 Å². The number of rotatable bonds is 5. The fourth-order valence-corrected chi connectivity index (χ4v) is 3.08. The normalized spacial score (nSPS) is 15.0. The van der Waals surface area contributed by atoms with E-state index in [0.29, 0.717) is 6.04 Å². The smallest absolute Gasteiger partial charge is 0.224 e. The Morgan fingerprint density at radius 3 is 2.77 bits per heavy atom. The predicted octanol–water partition coefficient (Wildman–Crippen LogP) is 4.45. The third-order valence-electron chi connectivity index (χ3n) is 4.34. The molecular weight excluding hydrogens is 272 g/mol. The molecule has 1 fully saturated rings. The number of nitrogens with one attached hydrogen (secondary N) is 2. The van der Waals surface area contributed by atoms with Crippen LogP contribution in [-0.4, -0.2) is 16.0 Å². The maximum Gasteiger partial charge on any atom is 0.224 e. The van der Waals surface area contributed by atoms with Crippen molar-refractivity contribution in [2.45, 2.75) is 52.0 Å². The highest BCUT2D eigenvalue weighted by Crippen LogP contribution is 2.25. The number of hydrogen-bond donors (Lipinski definition) is 2. The molecule has 1 aliphatic rings. The van der Waals surface area contributed by atoms with Crippen molar-refractivity contribution in [3.8, 4) is 0 Å². The van der Waals surface area contributed by atoms with Gasteiger partial charge in [0.05, 0.1) is 0 Å². The third-order valence-corrected chi connectivity index (χ3v) is 4.34. The molecule has 0 atom stereocenters. The van der Waals surface area contributed by atoms with Crippen molar-refractivity contribution < 1.29 is 0 Å². The Morgan fingerprint density at radius 2 is 2.00 bits per heavy atom. The molecule has 1 saturated carbocycles. The van der Waals surface area contributed by atoms with E-state index >= 15 is 0 Å². The fourth-order valence-electron chi connectivity index (χ4n) is 3.08. The van der Waals surface area contributed by atoms with Crippen LogP contribution in [0.3, 0.4) is 0 Å². The zero-order valence-corrected chi connectivity index (χ0v) is 13.4. The summed E-state index contributed by atoms with van der Waals surface area (Å²) < 4.78 is 0. The largest absolute Gasteiger partial charge is 0.351 e. The third kappa shape index (κ3) is 3.38. The number of para-hydroxylation sites is 1. The molecule has 0 spiro atoms. The van der Waals surface area contributed by atoms with Crippen LogP contribution in [0.4, 0.5) is 17.5 Å². The zero-order chi connectivity index (χ0) is 15.4. The second-order valence-electron chi connectivity index (χ2n) is 5.98. The maximum absolute atomic E-state index is 4.61. The van der Waals surface area contributed by atoms with Crippen molar-refractivity contribution in [3.05, 3.63) is 41.6 Å². The van der Waals surface area contributed by atoms with Gasteiger partial charge in [-0.2, -0.15) is 4.98 Å². The summed E-state index contributed by atoms with van der Waals surface area (Å²) in [4.78, 5) is 8.96. The molecule has 3 rings (SSSR count). The van der Waals surface area contributed by atoms with E-state index in [4.69, 9.17) is 0 Å². The van der Waals surface area contributed by atoms with E-state index < -0.39 is 0 Å². The van der Waals surface area contributed by atoms with Gasteiger partial charge in [-0.3, -0.25) is 0 Å². The average Bonchev–Trinajstić information content (AvgIpc) is 3.02. The highest BCUT2D eigenvalue weighted by atomic mass is 15.2. The molecule has 22 heavy (non-hydrogen) atoms. The van der Waals surface area contributed by atoms with Crippen molar-refractivity contribution in [1.29, 1.82) is 0 Å². The van der Waals surface area contributed by atoms with Crippen LogP contribution in [0.25, 0.3) is 0 Å². The molecule has 0 bridgehead atoms. The van der Waals surface area contributed by atoms with Gasteiger partial charge in [0.2, 0.25) is 5.95 Å². The fraction of sp³-hybridized carbons (Fsp3) is 0.444. The van der Waals surface area contributed by atoms with Gasteiger partial charge in [-0.15, -0.1) is 0 Å². The first-order valence-electron chi connectivity index (χ1n) is 8.21. The summed E-state index contributed by atoms with van der Waals surface area (Å²) >= 11 is 0. The highest BCUT2D eigenvalue weighted by molar-refractivity contribution is 5.65. The summed E-state index contributed by atoms with van der Waals surface area (Å²) in [5.41, 5.74) is 3.71. The average molecular weight is 296 g/mol. The molecule has 0 aliphatic heterocycles. The van der Waals surface area contributed by atoms with Crippen LogP contribution in [0, 0.1) is 6.92 Å². The SMILES string of the molecule is CCc1cccc(C)c1Nc1ccnc(NC2CCCC2)n1. The first kappa shape index (κ1) is 14.8. The summed E-state index contributed by atoms with van der Waals surface area (Å²) in [5.74, 6) is 1.57. The van der Waals surface area contributed by atoms with Crippen molar-refractivity contribution in [1.82, 2.24) is 9.97 Å². The minimum absolute atomic E-state index is 0.528. The van der Waals surface area contributed by atoms with Crippen LogP contribution in [0.5, 0.6) is 0 Å². The minimum Gasteiger partial charge on any atom is -0.351 e. The minimum atomic E-state index is 0.528. The van der Waals surface area contributed by atoms with Gasteiger partial charge >= 0.3 is 0 Å². The van der Waals surface area contributed by atoms with Gasteiger partial charge < -0.3 is 10.6 Å². The van der Waals surface area contributed by atoms with Gasteiger partial charge in [-0.25, -0.2) is 4.98 Å². The summed E-state index contributed by atoms with van der Waals surface area (Å²) in [6.45, 7) is 4.30. The van der Waals surface area contributed by atoms with Gasteiger partial charge in [-0.05, 0) is 43.4 Å². The quantitative estimate of drug-likeness (QED) is 0.856. The molecule has 4 heteroatoms. The second kappa shape index (κ2) is 6.77. The molecule has 116 valence electrons. The van der Waals surface area contributed by atoms with E-state index in [1.165, 1.54) is 36.8 Å². The Hall–Kier alpha value is -2.10. The van der Waals surface area contributed by atoms with Crippen LogP contribution in [-0.2, 0) is 6.42 Å². The zero-order valence-electron chi connectivity index (χ0n) is 13.4. The molecule has 1 heterocycles. The first-order valence-corrected chi connectivity index (χ1v) is 8.21. The van der Waals surface area contributed by atoms with Crippen LogP contribution < -0.4 is 10.6 Å². The Balaban J connectivity index is 1.78. The van der Waals surface area contributed by atoms with Crippen LogP contribution in [0.1, 0.15) is 43.7 Å². The molecule has 0 amide bonds. The Morgan fingerprint density at radius 1 is 1.18 bits per heavy atom. The Kier molecular flexibility index (Phi) is 4.56. The van der Waals surface area contributed by atoms with Gasteiger partial charge in [0.1, 0.15) is 5.82 Å². The van der Waals surface area contributed by atoms with Crippen molar-refractivity contribution in [2.24, 2.45) is 0 Å². The van der Waals surface area contributed by atoms with Gasteiger partial charge in [0.25, 0.3) is 0 Å². The molecule has 1 aliphatic carbocycles. The van der Waals surface area contributed by atoms with E-state index in [-0.39, 0.29) is 0 Å². The van der Waals surface area contributed by atoms with Gasteiger partial charge in [0, 0.05) is 17.9 Å². The van der Waals surface area contributed by atoms with Crippen LogP contribution in [0.15, 0.2) is 30.5 Å². The summed E-state index contributed by atoms with van der Waals surface area (Å²) in [7, 11) is 0. The Bertz CT molecular complexity index is 633. The number of hydrogen-bond acceptors (Lipinski definition) is 4. The van der Waals surface area contributed by atoms with Gasteiger partial charge in [-0.1, -0.05) is 38.0 Å². The number of aromatic nitrogens is 2. The monoisotopic (exact) mass is 296 g/mol. The molecule has 0 radical (unpaired) electrons. The summed E-state index contributed by atoms with van der Waals surface area (Å²) in [5, 5.41) is 6.91. The lowest BCUT2D eigenvalue weighted by atomic mass is 10.1. The van der Waals surface area contributed by atoms with Crippen molar-refractivity contribution >= 4 is 17.5 Å². The molecule has 2 N–H and O–H groups in total. The Labute approximate surface area is 132 Å². The van der Waals surface area contributed by atoms with Crippen molar-refractivity contribution in [3.63, 3.8) is 0 Å². The van der Waals surface area contributed by atoms with E-state index in [1.807, 2.05) is 12.3 Å². The maximum atomic E-state index is 4.61. The lowest BCUT2D eigenvalue weighted by Gasteiger charge is -2.15. The molecule has 1 aromatic carbocycles. The van der Waals surface area contributed by atoms with E-state index in [2.05, 4.69) is 52.6 Å². The molecule has 4 nitrogen and oxygen atoms in total. The predicted molar refractivity (Wildman–Crippen MR) is 91.8 cm³/mol. The number of anilines is 3. The molecule has 0 unspecified atom stereocenters. The molecular formula is C18H24N4. The van der Waals surface area contributed by atoms with E-state index in [9.17, 15) is 0 Å². The summed E-state index contributed by atoms with van der Waals surface area (Å²) in [6, 6.07) is 8.84. The number of aryl methyl sites for hydroxylation is 2. The second-order valence-corrected chi connectivity index (χ2v) is 5.98. The topological polar surface area (TPSA) is 49.8 Å². The van der Waals surface area contributed by atoms with E-state index in [1.54, 1.807) is 0 Å². The lowest BCUT2D eigenvalue weighted by Crippen LogP contribution is -2.16. The highest BCUT2D eigenvalue weighted by Gasteiger charge is 2.15. The van der Waals surface area contributed by atoms with Gasteiger partial charge in [0.15, 0.2) is 0 Å². The molecule has 0 saturated heterocycles. The lowest BCUT2D eigenvalue weighted by molar-refractivity contribution is 0.744. The van der Waals surface area contributed by atoms with Crippen LogP contribution >= 0.6 is 0 Å². The molecule has 1 aromatic heterocycles. The van der Waals surface area contributed by atoms with Crippen molar-refractivity contribution in [2.75, 3.05) is 10.6 Å². The number of nitrogens with zero attached hydrogens (tertiary/aromatic N) is 2. The number of benzene rings is 1. The standard InChI is InChI=1S/C18H24N4/c1-3-14-8-6-7-13(2)17(14)21-16-11-12-19-18(22-16)20-15-9-4-5-10-15/h6-8,11-12,15H,3-5,9-10H2,1-2H3,(H2,19,20,21,22).